The van der Waals surface area contributed by atoms with E-state index in [1.54, 1.807) is 0 Å². The van der Waals surface area contributed by atoms with Crippen molar-refractivity contribution in [3.05, 3.63) is 84.4 Å². The van der Waals surface area contributed by atoms with Gasteiger partial charge in [0.15, 0.2) is 0 Å². The molecular weight excluding hydrogens is 286 g/mol. The van der Waals surface area contributed by atoms with Crippen molar-refractivity contribution in [3.63, 3.8) is 0 Å². The van der Waals surface area contributed by atoms with Gasteiger partial charge < -0.3 is 4.74 Å². The quantitative estimate of drug-likeness (QED) is 0.422. The topological polar surface area (TPSA) is 29.5 Å². The number of ether oxygens (including phenoxy) is 1. The van der Waals surface area contributed by atoms with Gasteiger partial charge in [0.25, 0.3) is 0 Å². The van der Waals surface area contributed by atoms with Crippen molar-refractivity contribution < 1.29 is 9.53 Å². The number of hydrogen-bond donors (Lipinski definition) is 0. The predicted octanol–water partition coefficient (Wildman–Crippen LogP) is 3.83. The summed E-state index contributed by atoms with van der Waals surface area (Å²) in [6.07, 6.45) is 1.98. The second-order valence-corrected chi connectivity index (χ2v) is 5.43. The molecule has 3 heteroatoms. The van der Waals surface area contributed by atoms with Gasteiger partial charge in [0, 0.05) is 12.6 Å². The van der Waals surface area contributed by atoms with E-state index in [1.165, 1.54) is 17.2 Å². The van der Waals surface area contributed by atoms with Gasteiger partial charge in [-0.2, -0.15) is 0 Å². The highest BCUT2D eigenvalue weighted by atomic mass is 16.5. The molecule has 0 spiro atoms. The molecule has 0 fully saturated rings. The van der Waals surface area contributed by atoms with Crippen molar-refractivity contribution in [2.75, 3.05) is 20.2 Å². The van der Waals surface area contributed by atoms with Gasteiger partial charge in [-0.1, -0.05) is 67.2 Å². The number of nitrogens with zero attached hydrogens (tertiary/aromatic N) is 1. The Morgan fingerprint density at radius 1 is 1.09 bits per heavy atom. The van der Waals surface area contributed by atoms with Crippen LogP contribution in [0.15, 0.2) is 73.3 Å². The number of carbonyl (C=O) groups is 1. The standard InChI is InChI=1S/C20H23NO2/c1-3-19(22)23-16-10-15-21(2)20(17-11-6-4-7-12-17)18-13-8-5-9-14-18/h3-9,11-14,20H,1,10,15-16H2,2H3. The fourth-order valence-corrected chi connectivity index (χ4v) is 2.65. The third-order valence-corrected chi connectivity index (χ3v) is 3.74. The van der Waals surface area contributed by atoms with E-state index in [0.29, 0.717) is 6.61 Å². The van der Waals surface area contributed by atoms with E-state index in [-0.39, 0.29) is 12.0 Å². The Morgan fingerprint density at radius 3 is 2.09 bits per heavy atom. The van der Waals surface area contributed by atoms with Crippen LogP contribution in [0, 0.1) is 0 Å². The van der Waals surface area contributed by atoms with Crippen LogP contribution in [0.2, 0.25) is 0 Å². The normalized spacial score (nSPS) is 10.7. The van der Waals surface area contributed by atoms with Gasteiger partial charge >= 0.3 is 5.97 Å². The van der Waals surface area contributed by atoms with Crippen LogP contribution in [0.3, 0.4) is 0 Å². The fourth-order valence-electron chi connectivity index (χ4n) is 2.65. The molecule has 0 saturated heterocycles. The molecule has 0 heterocycles. The Morgan fingerprint density at radius 2 is 1.61 bits per heavy atom. The molecule has 120 valence electrons. The summed E-state index contributed by atoms with van der Waals surface area (Å²) in [6.45, 7) is 4.64. The number of rotatable bonds is 8. The van der Waals surface area contributed by atoms with Gasteiger partial charge in [-0.15, -0.1) is 0 Å². The summed E-state index contributed by atoms with van der Waals surface area (Å²) in [5.41, 5.74) is 2.51. The summed E-state index contributed by atoms with van der Waals surface area (Å²) in [4.78, 5) is 13.4. The predicted molar refractivity (Wildman–Crippen MR) is 93.1 cm³/mol. The lowest BCUT2D eigenvalue weighted by molar-refractivity contribution is -0.137. The van der Waals surface area contributed by atoms with Crippen molar-refractivity contribution in [3.8, 4) is 0 Å². The van der Waals surface area contributed by atoms with Crippen LogP contribution in [0.4, 0.5) is 0 Å². The van der Waals surface area contributed by atoms with Gasteiger partial charge in [-0.25, -0.2) is 4.79 Å². The van der Waals surface area contributed by atoms with E-state index in [9.17, 15) is 4.79 Å². The molecule has 0 atom stereocenters. The monoisotopic (exact) mass is 309 g/mol. The molecule has 0 bridgehead atoms. The van der Waals surface area contributed by atoms with Crippen molar-refractivity contribution >= 4 is 5.97 Å². The maximum atomic E-state index is 11.1. The van der Waals surface area contributed by atoms with Crippen LogP contribution in [-0.2, 0) is 9.53 Å². The van der Waals surface area contributed by atoms with Crippen LogP contribution in [0.25, 0.3) is 0 Å². The van der Waals surface area contributed by atoms with Gasteiger partial charge in [0.2, 0.25) is 0 Å². The summed E-state index contributed by atoms with van der Waals surface area (Å²) >= 11 is 0. The summed E-state index contributed by atoms with van der Waals surface area (Å²) in [5.74, 6) is -0.365. The Balaban J connectivity index is 2.05. The molecule has 2 aromatic rings. The third kappa shape index (κ3) is 5.08. The number of carbonyl (C=O) groups excluding carboxylic acids is 1. The van der Waals surface area contributed by atoms with Gasteiger partial charge in [0.05, 0.1) is 12.6 Å². The zero-order chi connectivity index (χ0) is 16.5. The molecule has 0 aliphatic carbocycles. The first kappa shape index (κ1) is 17.0. The summed E-state index contributed by atoms with van der Waals surface area (Å²) in [6, 6.07) is 21.1. The molecule has 0 N–H and O–H groups in total. The van der Waals surface area contributed by atoms with Gasteiger partial charge in [-0.05, 0) is 24.6 Å². The van der Waals surface area contributed by atoms with Crippen LogP contribution in [0.1, 0.15) is 23.6 Å². The first-order valence-electron chi connectivity index (χ1n) is 7.81. The van der Waals surface area contributed by atoms with Crippen molar-refractivity contribution in [1.29, 1.82) is 0 Å². The van der Waals surface area contributed by atoms with Crippen LogP contribution >= 0.6 is 0 Å². The van der Waals surface area contributed by atoms with E-state index in [4.69, 9.17) is 4.74 Å². The maximum absolute atomic E-state index is 11.1. The second-order valence-electron chi connectivity index (χ2n) is 5.43. The lowest BCUT2D eigenvalue weighted by atomic mass is 9.97. The highest BCUT2D eigenvalue weighted by Gasteiger charge is 2.18. The summed E-state index contributed by atoms with van der Waals surface area (Å²) in [7, 11) is 2.10. The average molecular weight is 309 g/mol. The lowest BCUT2D eigenvalue weighted by Crippen LogP contribution is -2.27. The minimum Gasteiger partial charge on any atom is -0.462 e. The number of esters is 1. The van der Waals surface area contributed by atoms with Crippen molar-refractivity contribution in [2.45, 2.75) is 12.5 Å². The van der Waals surface area contributed by atoms with E-state index in [0.717, 1.165) is 13.0 Å². The van der Waals surface area contributed by atoms with E-state index in [2.05, 4.69) is 67.1 Å². The number of hydrogen-bond acceptors (Lipinski definition) is 3. The van der Waals surface area contributed by atoms with Crippen molar-refractivity contribution in [1.82, 2.24) is 4.90 Å². The molecule has 2 aromatic carbocycles. The lowest BCUT2D eigenvalue weighted by Gasteiger charge is -2.29. The molecule has 2 rings (SSSR count). The van der Waals surface area contributed by atoms with E-state index < -0.39 is 0 Å². The Labute approximate surface area is 138 Å². The largest absolute Gasteiger partial charge is 0.462 e. The average Bonchev–Trinajstić information content (AvgIpc) is 2.60. The maximum Gasteiger partial charge on any atom is 0.330 e. The van der Waals surface area contributed by atoms with Gasteiger partial charge in [-0.3, -0.25) is 4.90 Å². The minimum atomic E-state index is -0.365. The molecule has 0 aliphatic rings. The Hall–Kier alpha value is -2.39. The molecule has 0 radical (unpaired) electrons. The van der Waals surface area contributed by atoms with Crippen LogP contribution < -0.4 is 0 Å². The first-order chi connectivity index (χ1) is 11.2. The Bertz CT molecular complexity index is 571. The second kappa shape index (κ2) is 8.91. The molecule has 3 nitrogen and oxygen atoms in total. The zero-order valence-corrected chi connectivity index (χ0v) is 13.5. The van der Waals surface area contributed by atoms with Crippen LogP contribution in [0.5, 0.6) is 0 Å². The smallest absolute Gasteiger partial charge is 0.330 e. The van der Waals surface area contributed by atoms with E-state index >= 15 is 0 Å². The fraction of sp³-hybridized carbons (Fsp3) is 0.250. The zero-order valence-electron chi connectivity index (χ0n) is 13.5. The molecule has 0 aliphatic heterocycles. The molecular formula is C20H23NO2. The molecule has 0 aromatic heterocycles. The van der Waals surface area contributed by atoms with Crippen molar-refractivity contribution in [2.24, 2.45) is 0 Å². The molecule has 0 unspecified atom stereocenters. The summed E-state index contributed by atoms with van der Waals surface area (Å²) < 4.78 is 5.05. The number of benzene rings is 2. The highest BCUT2D eigenvalue weighted by Crippen LogP contribution is 2.27. The molecule has 23 heavy (non-hydrogen) atoms. The van der Waals surface area contributed by atoms with E-state index in [1.807, 2.05) is 12.1 Å². The molecule has 0 saturated carbocycles. The third-order valence-electron chi connectivity index (χ3n) is 3.74. The summed E-state index contributed by atoms with van der Waals surface area (Å²) in [5, 5.41) is 0. The van der Waals surface area contributed by atoms with Crippen LogP contribution in [-0.4, -0.2) is 31.1 Å². The van der Waals surface area contributed by atoms with Gasteiger partial charge in [0.1, 0.15) is 0 Å². The Kier molecular flexibility index (Phi) is 6.57. The SMILES string of the molecule is C=CC(=O)OCCCN(C)C(c1ccccc1)c1ccccc1. The first-order valence-corrected chi connectivity index (χ1v) is 7.81. The molecule has 0 amide bonds. The minimum absolute atomic E-state index is 0.188. The highest BCUT2D eigenvalue weighted by molar-refractivity contribution is 5.81.